The van der Waals surface area contributed by atoms with Crippen molar-refractivity contribution in [1.82, 2.24) is 9.29 Å². The number of methoxy groups -OCH3 is 1. The van der Waals surface area contributed by atoms with Gasteiger partial charge in [-0.05, 0) is 35.9 Å². The second-order valence-corrected chi connectivity index (χ2v) is 7.21. The van der Waals surface area contributed by atoms with Gasteiger partial charge in [-0.1, -0.05) is 13.8 Å². The van der Waals surface area contributed by atoms with Crippen molar-refractivity contribution in [3.63, 3.8) is 0 Å². The molecule has 0 fully saturated rings. The van der Waals surface area contributed by atoms with E-state index in [1.807, 2.05) is 0 Å². The molecule has 0 aliphatic rings. The van der Waals surface area contributed by atoms with Gasteiger partial charge in [0.2, 0.25) is 10.0 Å². The van der Waals surface area contributed by atoms with Crippen molar-refractivity contribution >= 4 is 22.1 Å². The smallest absolute Gasteiger partial charge is 0.244 e. The summed E-state index contributed by atoms with van der Waals surface area (Å²) in [6, 6.07) is 7.85. The number of nitrogens with one attached hydrogen (secondary N) is 1. The molecule has 1 aromatic carbocycles. The number of phenols is 1. The molecular formula is C17H22N4O4S. The van der Waals surface area contributed by atoms with E-state index in [1.54, 1.807) is 32.0 Å². The van der Waals surface area contributed by atoms with Crippen molar-refractivity contribution in [2.75, 3.05) is 25.6 Å². The molecule has 140 valence electrons. The number of hydrazone groups is 1. The van der Waals surface area contributed by atoms with Crippen LogP contribution in [-0.2, 0) is 10.0 Å². The van der Waals surface area contributed by atoms with Crippen LogP contribution in [0, 0.1) is 0 Å². The van der Waals surface area contributed by atoms with Gasteiger partial charge in [-0.3, -0.25) is 5.43 Å². The number of anilines is 1. The summed E-state index contributed by atoms with van der Waals surface area (Å²) in [5.41, 5.74) is 3.44. The normalized spacial score (nSPS) is 11.8. The van der Waals surface area contributed by atoms with Gasteiger partial charge in [-0.25, -0.2) is 13.4 Å². The Hall–Kier alpha value is -2.65. The molecule has 8 nitrogen and oxygen atoms in total. The van der Waals surface area contributed by atoms with E-state index in [2.05, 4.69) is 15.5 Å². The summed E-state index contributed by atoms with van der Waals surface area (Å²) in [7, 11) is -2.06. The molecule has 2 N–H and O–H groups in total. The van der Waals surface area contributed by atoms with E-state index in [1.165, 1.54) is 36.0 Å². The molecular weight excluding hydrogens is 356 g/mol. The van der Waals surface area contributed by atoms with Crippen LogP contribution in [0.2, 0.25) is 0 Å². The van der Waals surface area contributed by atoms with Crippen molar-refractivity contribution in [3.05, 3.63) is 42.1 Å². The Morgan fingerprint density at radius 1 is 1.27 bits per heavy atom. The minimum atomic E-state index is -3.53. The highest BCUT2D eigenvalue weighted by Crippen LogP contribution is 2.25. The van der Waals surface area contributed by atoms with Crippen molar-refractivity contribution in [2.24, 2.45) is 5.10 Å². The molecule has 26 heavy (non-hydrogen) atoms. The highest BCUT2D eigenvalue weighted by atomic mass is 32.2. The van der Waals surface area contributed by atoms with Crippen LogP contribution in [0.25, 0.3) is 0 Å². The maximum atomic E-state index is 12.4. The standard InChI is InChI=1S/C17H22N4O4S/c1-4-21(5-2)26(23,24)14-7-9-17(18-12-14)20-19-11-13-6-8-15(22)16(10-13)25-3/h6-12,22H,4-5H2,1-3H3,(H,18,20). The molecule has 0 saturated carbocycles. The molecule has 0 bridgehead atoms. The van der Waals surface area contributed by atoms with Crippen LogP contribution < -0.4 is 10.2 Å². The number of benzene rings is 1. The van der Waals surface area contributed by atoms with Gasteiger partial charge in [0.05, 0.1) is 13.3 Å². The van der Waals surface area contributed by atoms with Gasteiger partial charge in [0.25, 0.3) is 0 Å². The zero-order valence-corrected chi connectivity index (χ0v) is 15.7. The monoisotopic (exact) mass is 378 g/mol. The Morgan fingerprint density at radius 2 is 2.00 bits per heavy atom. The summed E-state index contributed by atoms with van der Waals surface area (Å²) < 4.78 is 31.2. The van der Waals surface area contributed by atoms with E-state index < -0.39 is 10.0 Å². The zero-order chi connectivity index (χ0) is 19.2. The predicted octanol–water partition coefficient (Wildman–Crippen LogP) is 2.27. The first-order valence-corrected chi connectivity index (χ1v) is 9.48. The SMILES string of the molecule is CCN(CC)S(=O)(=O)c1ccc(NN=Cc2ccc(O)c(OC)c2)nc1. The number of hydrogen-bond donors (Lipinski definition) is 2. The summed E-state index contributed by atoms with van der Waals surface area (Å²) in [6.07, 6.45) is 2.83. The lowest BCUT2D eigenvalue weighted by Crippen LogP contribution is -2.30. The average molecular weight is 378 g/mol. The first-order valence-electron chi connectivity index (χ1n) is 8.04. The molecule has 0 amide bonds. The number of ether oxygens (including phenoxy) is 1. The van der Waals surface area contributed by atoms with Crippen molar-refractivity contribution in [3.8, 4) is 11.5 Å². The minimum absolute atomic E-state index is 0.0456. The van der Waals surface area contributed by atoms with Crippen molar-refractivity contribution < 1.29 is 18.3 Å². The molecule has 1 aromatic heterocycles. The molecule has 0 aliphatic carbocycles. The summed E-state index contributed by atoms with van der Waals surface area (Å²) in [6.45, 7) is 4.38. The highest BCUT2D eigenvalue weighted by Gasteiger charge is 2.21. The molecule has 0 aliphatic heterocycles. The lowest BCUT2D eigenvalue weighted by Gasteiger charge is -2.18. The second kappa shape index (κ2) is 8.63. The molecule has 2 aromatic rings. The maximum absolute atomic E-state index is 12.4. The van der Waals surface area contributed by atoms with Crippen molar-refractivity contribution in [1.29, 1.82) is 0 Å². The van der Waals surface area contributed by atoms with Gasteiger partial charge in [0.1, 0.15) is 10.7 Å². The lowest BCUT2D eigenvalue weighted by atomic mass is 10.2. The number of phenolic OH excluding ortho intramolecular Hbond substituents is 1. The molecule has 0 unspecified atom stereocenters. The quantitative estimate of drug-likeness (QED) is 0.539. The molecule has 9 heteroatoms. The maximum Gasteiger partial charge on any atom is 0.244 e. The summed E-state index contributed by atoms with van der Waals surface area (Å²) in [5.74, 6) is 0.799. The van der Waals surface area contributed by atoms with Crippen LogP contribution >= 0.6 is 0 Å². The van der Waals surface area contributed by atoms with Gasteiger partial charge < -0.3 is 9.84 Å². The molecule has 0 saturated heterocycles. The lowest BCUT2D eigenvalue weighted by molar-refractivity contribution is 0.373. The summed E-state index contributed by atoms with van der Waals surface area (Å²) in [5, 5.41) is 13.6. The number of aromatic hydroxyl groups is 1. The fraction of sp³-hybridized carbons (Fsp3) is 0.294. The molecule has 0 spiro atoms. The topological polar surface area (TPSA) is 104 Å². The average Bonchev–Trinajstić information content (AvgIpc) is 2.64. The predicted molar refractivity (Wildman–Crippen MR) is 100 cm³/mol. The van der Waals surface area contributed by atoms with Gasteiger partial charge in [0, 0.05) is 19.3 Å². The number of hydrogen-bond acceptors (Lipinski definition) is 7. The largest absolute Gasteiger partial charge is 0.504 e. The summed E-state index contributed by atoms with van der Waals surface area (Å²) >= 11 is 0. The van der Waals surface area contributed by atoms with Gasteiger partial charge in [-0.2, -0.15) is 9.41 Å². The highest BCUT2D eigenvalue weighted by molar-refractivity contribution is 7.89. The molecule has 2 rings (SSSR count). The van der Waals surface area contributed by atoms with Crippen LogP contribution in [0.3, 0.4) is 0 Å². The molecule has 1 heterocycles. The van der Waals surface area contributed by atoms with Crippen molar-refractivity contribution in [2.45, 2.75) is 18.7 Å². The minimum Gasteiger partial charge on any atom is -0.504 e. The van der Waals surface area contributed by atoms with E-state index >= 15 is 0 Å². The Morgan fingerprint density at radius 3 is 2.58 bits per heavy atom. The van der Waals surface area contributed by atoms with Crippen LogP contribution in [-0.4, -0.2) is 49.2 Å². The van der Waals surface area contributed by atoms with E-state index in [-0.39, 0.29) is 10.6 Å². The number of aromatic nitrogens is 1. The van der Waals surface area contributed by atoms with E-state index in [4.69, 9.17) is 4.74 Å². The third kappa shape index (κ3) is 4.50. The van der Waals surface area contributed by atoms with E-state index in [9.17, 15) is 13.5 Å². The van der Waals surface area contributed by atoms with Crippen LogP contribution in [0.1, 0.15) is 19.4 Å². The van der Waals surface area contributed by atoms with Gasteiger partial charge in [-0.15, -0.1) is 0 Å². The second-order valence-electron chi connectivity index (χ2n) is 5.27. The first-order chi connectivity index (χ1) is 12.4. The third-order valence-corrected chi connectivity index (χ3v) is 5.71. The number of sulfonamides is 1. The third-order valence-electron chi connectivity index (χ3n) is 3.68. The Labute approximate surface area is 153 Å². The van der Waals surface area contributed by atoms with Crippen LogP contribution in [0.4, 0.5) is 5.82 Å². The molecule has 0 radical (unpaired) electrons. The fourth-order valence-electron chi connectivity index (χ4n) is 2.26. The number of rotatable bonds is 8. The van der Waals surface area contributed by atoms with Crippen LogP contribution in [0.15, 0.2) is 46.5 Å². The fourth-order valence-corrected chi connectivity index (χ4v) is 3.66. The van der Waals surface area contributed by atoms with Crippen LogP contribution in [0.5, 0.6) is 11.5 Å². The van der Waals surface area contributed by atoms with Gasteiger partial charge >= 0.3 is 0 Å². The Balaban J connectivity index is 2.08. The van der Waals surface area contributed by atoms with Gasteiger partial charge in [0.15, 0.2) is 11.5 Å². The van der Waals surface area contributed by atoms with E-state index in [0.29, 0.717) is 30.2 Å². The molecule has 0 atom stereocenters. The number of pyridine rings is 1. The van der Waals surface area contributed by atoms with E-state index in [0.717, 1.165) is 0 Å². The summed E-state index contributed by atoms with van der Waals surface area (Å²) in [4.78, 5) is 4.22. The zero-order valence-electron chi connectivity index (χ0n) is 14.9. The Bertz CT molecular complexity index is 863. The Kier molecular flexibility index (Phi) is 6.53. The number of nitrogens with zero attached hydrogens (tertiary/aromatic N) is 3. The first kappa shape index (κ1) is 19.7.